The zero-order chi connectivity index (χ0) is 23.8. The monoisotopic (exact) mass is 463 g/mol. The van der Waals surface area contributed by atoms with E-state index in [2.05, 4.69) is 21.1 Å². The lowest BCUT2D eigenvalue weighted by molar-refractivity contribution is -0.137. The van der Waals surface area contributed by atoms with Gasteiger partial charge >= 0.3 is 12.2 Å². The van der Waals surface area contributed by atoms with Gasteiger partial charge in [0.25, 0.3) is 5.91 Å². The minimum Gasteiger partial charge on any atom is -0.369 e. The first-order chi connectivity index (χ1) is 15.7. The third-order valence-electron chi connectivity index (χ3n) is 5.53. The predicted octanol–water partition coefficient (Wildman–Crippen LogP) is 3.17. The number of hydrogen-bond acceptors (Lipinski definition) is 4. The number of anilines is 1. The Kier molecular flexibility index (Phi) is 8.16. The maximum atomic E-state index is 12.9. The van der Waals surface area contributed by atoms with Crippen molar-refractivity contribution in [3.8, 4) is 0 Å². The number of carbonyl (C=O) groups is 2. The van der Waals surface area contributed by atoms with Crippen LogP contribution in [0, 0.1) is 6.92 Å². The topological polar surface area (TPSA) is 76.7 Å². The molecule has 3 rings (SSSR count). The minimum atomic E-state index is -4.35. The van der Waals surface area contributed by atoms with Gasteiger partial charge in [0.15, 0.2) is 0 Å². The molecule has 10 heteroatoms. The Bertz CT molecular complexity index is 959. The molecule has 1 aliphatic heterocycles. The normalized spacial score (nSPS) is 14.6. The molecule has 0 aromatic heterocycles. The van der Waals surface area contributed by atoms with Crippen LogP contribution in [-0.2, 0) is 6.18 Å². The van der Waals surface area contributed by atoms with Gasteiger partial charge in [0.2, 0.25) is 0 Å². The fourth-order valence-electron chi connectivity index (χ4n) is 3.67. The van der Waals surface area contributed by atoms with Crippen molar-refractivity contribution in [1.82, 2.24) is 21.1 Å². The molecule has 1 aliphatic rings. The molecular weight excluding hydrogens is 435 g/mol. The van der Waals surface area contributed by atoms with E-state index in [0.717, 1.165) is 31.3 Å². The van der Waals surface area contributed by atoms with E-state index in [0.29, 0.717) is 37.3 Å². The van der Waals surface area contributed by atoms with Crippen molar-refractivity contribution >= 4 is 17.6 Å². The van der Waals surface area contributed by atoms with Gasteiger partial charge in [0.1, 0.15) is 0 Å². The maximum absolute atomic E-state index is 12.9. The highest BCUT2D eigenvalue weighted by molar-refractivity contribution is 5.96. The summed E-state index contributed by atoms with van der Waals surface area (Å²) in [6, 6.07) is 12.0. The van der Waals surface area contributed by atoms with Crippen molar-refractivity contribution in [3.05, 3.63) is 65.2 Å². The molecular formula is C23H28F3N5O2. The SMILES string of the molecule is Cc1ccccc1C(=O)NNC(=O)NCCCN1CCN(c2cccc(C(F)(F)F)c2)CC1. The number of halogens is 3. The Labute approximate surface area is 190 Å². The highest BCUT2D eigenvalue weighted by Gasteiger charge is 2.31. The summed E-state index contributed by atoms with van der Waals surface area (Å²) >= 11 is 0. The molecule has 3 amide bonds. The van der Waals surface area contributed by atoms with Crippen LogP contribution in [0.4, 0.5) is 23.7 Å². The highest BCUT2D eigenvalue weighted by Crippen LogP contribution is 2.31. The quantitative estimate of drug-likeness (QED) is 0.454. The van der Waals surface area contributed by atoms with E-state index >= 15 is 0 Å². The molecule has 3 N–H and O–H groups in total. The maximum Gasteiger partial charge on any atom is 0.416 e. The molecule has 0 bridgehead atoms. The number of nitrogens with zero attached hydrogens (tertiary/aromatic N) is 2. The van der Waals surface area contributed by atoms with E-state index in [9.17, 15) is 22.8 Å². The molecule has 0 spiro atoms. The number of piperazine rings is 1. The van der Waals surface area contributed by atoms with E-state index in [-0.39, 0.29) is 5.91 Å². The van der Waals surface area contributed by atoms with Crippen LogP contribution in [0.1, 0.15) is 27.9 Å². The standard InChI is InChI=1S/C23H28F3N5O2/c1-17-6-2-3-9-20(17)21(32)28-29-22(33)27-10-5-11-30-12-14-31(15-13-30)19-8-4-7-18(16-19)23(24,25)26/h2-4,6-9,16H,5,10-15H2,1H3,(H,28,32)(H2,27,29,33). The summed E-state index contributed by atoms with van der Waals surface area (Å²) in [6.07, 6.45) is -3.64. The molecule has 0 atom stereocenters. The summed E-state index contributed by atoms with van der Waals surface area (Å²) in [5.74, 6) is -0.387. The molecule has 0 saturated carbocycles. The Balaban J connectivity index is 1.32. The zero-order valence-corrected chi connectivity index (χ0v) is 18.4. The number of carbonyl (C=O) groups excluding carboxylic acids is 2. The van der Waals surface area contributed by atoms with Gasteiger partial charge in [0, 0.05) is 44.0 Å². The van der Waals surface area contributed by atoms with Crippen LogP contribution in [0.25, 0.3) is 0 Å². The van der Waals surface area contributed by atoms with Gasteiger partial charge in [-0.25, -0.2) is 10.2 Å². The molecule has 7 nitrogen and oxygen atoms in total. The van der Waals surface area contributed by atoms with Crippen molar-refractivity contribution in [2.45, 2.75) is 19.5 Å². The summed E-state index contributed by atoms with van der Waals surface area (Å²) in [6.45, 7) is 5.74. The van der Waals surface area contributed by atoms with Crippen LogP contribution < -0.4 is 21.1 Å². The summed E-state index contributed by atoms with van der Waals surface area (Å²) < 4.78 is 38.8. The summed E-state index contributed by atoms with van der Waals surface area (Å²) in [5, 5.41) is 2.69. The van der Waals surface area contributed by atoms with E-state index < -0.39 is 17.8 Å². The van der Waals surface area contributed by atoms with Gasteiger partial charge in [-0.15, -0.1) is 0 Å². The molecule has 0 radical (unpaired) electrons. The van der Waals surface area contributed by atoms with Crippen molar-refractivity contribution in [2.24, 2.45) is 0 Å². The molecule has 0 aliphatic carbocycles. The average molecular weight is 464 g/mol. The highest BCUT2D eigenvalue weighted by atomic mass is 19.4. The van der Waals surface area contributed by atoms with E-state index in [1.165, 1.54) is 12.1 Å². The smallest absolute Gasteiger partial charge is 0.369 e. The number of aryl methyl sites for hydroxylation is 1. The summed E-state index contributed by atoms with van der Waals surface area (Å²) in [4.78, 5) is 28.1. The minimum absolute atomic E-state index is 0.387. The lowest BCUT2D eigenvalue weighted by atomic mass is 10.1. The molecule has 2 aromatic carbocycles. The van der Waals surface area contributed by atoms with Crippen LogP contribution in [0.3, 0.4) is 0 Å². The van der Waals surface area contributed by atoms with E-state index in [4.69, 9.17) is 0 Å². The second-order valence-corrected chi connectivity index (χ2v) is 7.88. The second kappa shape index (κ2) is 11.0. The van der Waals surface area contributed by atoms with Crippen molar-refractivity contribution in [2.75, 3.05) is 44.2 Å². The van der Waals surface area contributed by atoms with Crippen LogP contribution in [0.5, 0.6) is 0 Å². The second-order valence-electron chi connectivity index (χ2n) is 7.88. The van der Waals surface area contributed by atoms with E-state index in [1.54, 1.807) is 18.2 Å². The van der Waals surface area contributed by atoms with Gasteiger partial charge in [-0.05, 0) is 49.7 Å². The molecule has 1 saturated heterocycles. The van der Waals surface area contributed by atoms with Crippen molar-refractivity contribution in [1.29, 1.82) is 0 Å². The number of hydrazine groups is 1. The van der Waals surface area contributed by atoms with Crippen LogP contribution in [-0.4, -0.2) is 56.1 Å². The first kappa shape index (κ1) is 24.4. The Morgan fingerprint density at radius 1 is 0.970 bits per heavy atom. The fourth-order valence-corrected chi connectivity index (χ4v) is 3.67. The molecule has 1 heterocycles. The van der Waals surface area contributed by atoms with E-state index in [1.807, 2.05) is 24.0 Å². The van der Waals surface area contributed by atoms with Gasteiger partial charge in [-0.3, -0.25) is 15.1 Å². The molecule has 1 fully saturated rings. The predicted molar refractivity (Wildman–Crippen MR) is 120 cm³/mol. The van der Waals surface area contributed by atoms with Crippen molar-refractivity contribution < 1.29 is 22.8 Å². The number of nitrogens with one attached hydrogen (secondary N) is 3. The van der Waals surface area contributed by atoms with Gasteiger partial charge in [0.05, 0.1) is 5.56 Å². The van der Waals surface area contributed by atoms with Gasteiger partial charge in [-0.1, -0.05) is 24.3 Å². The van der Waals surface area contributed by atoms with Crippen LogP contribution >= 0.6 is 0 Å². The summed E-state index contributed by atoms with van der Waals surface area (Å²) in [5.41, 5.74) is 5.95. The fraction of sp³-hybridized carbons (Fsp3) is 0.391. The lowest BCUT2D eigenvalue weighted by Crippen LogP contribution is -2.48. The third-order valence-corrected chi connectivity index (χ3v) is 5.53. The van der Waals surface area contributed by atoms with Gasteiger partial charge in [-0.2, -0.15) is 13.2 Å². The number of hydrogen-bond donors (Lipinski definition) is 3. The lowest BCUT2D eigenvalue weighted by Gasteiger charge is -2.36. The van der Waals surface area contributed by atoms with Gasteiger partial charge < -0.3 is 10.2 Å². The molecule has 33 heavy (non-hydrogen) atoms. The average Bonchev–Trinajstić information content (AvgIpc) is 2.80. The number of alkyl halides is 3. The van der Waals surface area contributed by atoms with Crippen LogP contribution in [0.2, 0.25) is 0 Å². The third kappa shape index (κ3) is 7.11. The molecule has 2 aromatic rings. The molecule has 178 valence electrons. The zero-order valence-electron chi connectivity index (χ0n) is 18.4. The first-order valence-corrected chi connectivity index (χ1v) is 10.8. The van der Waals surface area contributed by atoms with Crippen molar-refractivity contribution in [3.63, 3.8) is 0 Å². The number of urea groups is 1. The Morgan fingerprint density at radius 3 is 2.39 bits per heavy atom. The van der Waals surface area contributed by atoms with Crippen LogP contribution in [0.15, 0.2) is 48.5 Å². The Morgan fingerprint density at radius 2 is 1.70 bits per heavy atom. The largest absolute Gasteiger partial charge is 0.416 e. The number of benzene rings is 2. The summed E-state index contributed by atoms with van der Waals surface area (Å²) in [7, 11) is 0. The first-order valence-electron chi connectivity index (χ1n) is 10.8. The number of amides is 3. The Hall–Kier alpha value is -3.27. The number of rotatable bonds is 6. The molecule has 0 unspecified atom stereocenters.